The SMILES string of the molecule is COc1ccc(-c2cc(=O)c3c(o2)=CC(O)(OC2O[C@H](CO[C@@H]4O[C@@H](C)[C@@H](O)[C@@H](O)[C@H]4O)[C@H](O)[C@H](O)[C@H]2O)CC=3O)cc1. The zero-order valence-electron chi connectivity index (χ0n) is 23.1. The molecule has 15 nitrogen and oxygen atoms in total. The van der Waals surface area contributed by atoms with E-state index in [1.54, 1.807) is 24.3 Å². The summed E-state index contributed by atoms with van der Waals surface area (Å²) < 4.78 is 32.9. The average molecular weight is 611 g/mol. The van der Waals surface area contributed by atoms with Gasteiger partial charge in [-0.15, -0.1) is 0 Å². The fourth-order valence-corrected chi connectivity index (χ4v) is 5.15. The average Bonchev–Trinajstić information content (AvgIpc) is 2.97. The van der Waals surface area contributed by atoms with Crippen molar-refractivity contribution in [1.82, 2.24) is 0 Å². The molecule has 2 aliphatic heterocycles. The maximum atomic E-state index is 12.8. The third-order valence-electron chi connectivity index (χ3n) is 7.64. The van der Waals surface area contributed by atoms with Crippen LogP contribution in [0.15, 0.2) is 39.5 Å². The quantitative estimate of drug-likeness (QED) is 0.142. The Morgan fingerprint density at radius 1 is 0.907 bits per heavy atom. The lowest BCUT2D eigenvalue weighted by atomic mass is 9.98. The highest BCUT2D eigenvalue weighted by molar-refractivity contribution is 5.59. The Bertz CT molecular complexity index is 1470. The van der Waals surface area contributed by atoms with Gasteiger partial charge >= 0.3 is 0 Å². The predicted molar refractivity (Wildman–Crippen MR) is 142 cm³/mol. The van der Waals surface area contributed by atoms with Gasteiger partial charge in [-0.2, -0.15) is 0 Å². The Balaban J connectivity index is 1.36. The van der Waals surface area contributed by atoms with Crippen molar-refractivity contribution in [2.24, 2.45) is 0 Å². The first kappa shape index (κ1) is 31.5. The molecule has 15 heteroatoms. The van der Waals surface area contributed by atoms with Gasteiger partial charge in [-0.25, -0.2) is 0 Å². The van der Waals surface area contributed by atoms with Gasteiger partial charge in [0.25, 0.3) is 0 Å². The highest BCUT2D eigenvalue weighted by atomic mass is 16.8. The Hall–Kier alpha value is -2.93. The second kappa shape index (κ2) is 12.2. The molecule has 11 atom stereocenters. The van der Waals surface area contributed by atoms with Crippen molar-refractivity contribution in [1.29, 1.82) is 0 Å². The van der Waals surface area contributed by atoms with Crippen molar-refractivity contribution >= 4 is 11.8 Å². The molecule has 5 rings (SSSR count). The number of benzene rings is 1. The summed E-state index contributed by atoms with van der Waals surface area (Å²) in [6.45, 7) is 0.893. The molecular formula is C28H34O15. The molecule has 8 N–H and O–H groups in total. The van der Waals surface area contributed by atoms with Crippen molar-refractivity contribution in [3.63, 3.8) is 0 Å². The second-order valence-corrected chi connectivity index (χ2v) is 10.7. The largest absolute Gasteiger partial charge is 0.511 e. The van der Waals surface area contributed by atoms with E-state index in [1.807, 2.05) is 0 Å². The van der Waals surface area contributed by atoms with E-state index in [0.717, 1.165) is 6.08 Å². The lowest BCUT2D eigenvalue weighted by molar-refractivity contribution is -0.356. The topological polar surface area (TPSA) is 238 Å². The minimum absolute atomic E-state index is 0.114. The number of aliphatic hydroxyl groups is 8. The molecule has 0 amide bonds. The second-order valence-electron chi connectivity index (χ2n) is 10.7. The fraction of sp³-hybridized carbons (Fsp3) is 0.536. The molecule has 0 radical (unpaired) electrons. The molecule has 0 spiro atoms. The fourth-order valence-electron chi connectivity index (χ4n) is 5.15. The molecule has 0 saturated carbocycles. The Morgan fingerprint density at radius 2 is 1.56 bits per heavy atom. The molecule has 2 unspecified atom stereocenters. The van der Waals surface area contributed by atoms with Crippen molar-refractivity contribution in [2.75, 3.05) is 13.7 Å². The van der Waals surface area contributed by atoms with Crippen LogP contribution in [0.5, 0.6) is 5.75 Å². The standard InChI is InChI=1S/C28H34O15/c1-11-20(31)22(33)24(35)26(40-11)39-10-18-21(32)23(34)25(36)27(42-18)43-28(37)8-15(30)19-14(29)7-16(41-17(19)9-28)12-3-5-13(38-2)6-4-12/h3-7,9,11,18,20-27,30-37H,8,10H2,1-2H3/t11-,18+,20+,21-,22+,23-,24+,25+,26+,27?,28?/m0/s1. The van der Waals surface area contributed by atoms with Crippen LogP contribution in [-0.4, -0.2) is 122 Å². The lowest BCUT2D eigenvalue weighted by Gasteiger charge is -2.44. The first-order valence-electron chi connectivity index (χ1n) is 13.5. The minimum Gasteiger partial charge on any atom is -0.511 e. The number of hydrogen-bond donors (Lipinski definition) is 8. The van der Waals surface area contributed by atoms with Crippen molar-refractivity contribution in [3.05, 3.63) is 51.2 Å². The molecule has 43 heavy (non-hydrogen) atoms. The van der Waals surface area contributed by atoms with Gasteiger partial charge in [-0.05, 0) is 31.2 Å². The van der Waals surface area contributed by atoms with Gasteiger partial charge in [-0.1, -0.05) is 0 Å². The Labute approximate surface area is 243 Å². The first-order chi connectivity index (χ1) is 20.3. The van der Waals surface area contributed by atoms with Crippen molar-refractivity contribution in [3.8, 4) is 17.1 Å². The van der Waals surface area contributed by atoms with Gasteiger partial charge in [-0.3, -0.25) is 4.79 Å². The summed E-state index contributed by atoms with van der Waals surface area (Å²) in [5.74, 6) is -2.30. The zero-order valence-corrected chi connectivity index (χ0v) is 23.1. The third-order valence-corrected chi connectivity index (χ3v) is 7.64. The molecule has 2 saturated heterocycles. The van der Waals surface area contributed by atoms with Crippen LogP contribution >= 0.6 is 0 Å². The minimum atomic E-state index is -2.41. The predicted octanol–water partition coefficient (Wildman–Crippen LogP) is -3.48. The molecule has 2 fully saturated rings. The van der Waals surface area contributed by atoms with E-state index in [4.69, 9.17) is 28.1 Å². The number of aliphatic hydroxyl groups excluding tert-OH is 7. The monoisotopic (exact) mass is 610 g/mol. The van der Waals surface area contributed by atoms with E-state index in [0.29, 0.717) is 11.3 Å². The van der Waals surface area contributed by atoms with Gasteiger partial charge in [0, 0.05) is 17.7 Å². The normalized spacial score (nSPS) is 37.8. The van der Waals surface area contributed by atoms with Crippen LogP contribution < -0.4 is 20.8 Å². The highest BCUT2D eigenvalue weighted by Gasteiger charge is 2.49. The molecule has 236 valence electrons. The summed E-state index contributed by atoms with van der Waals surface area (Å²) >= 11 is 0. The van der Waals surface area contributed by atoms with Crippen LogP contribution in [0.3, 0.4) is 0 Å². The summed E-state index contributed by atoms with van der Waals surface area (Å²) in [5, 5.41) is 83.3. The highest BCUT2D eigenvalue weighted by Crippen LogP contribution is 2.31. The van der Waals surface area contributed by atoms with Gasteiger partial charge in [0.1, 0.15) is 70.6 Å². The smallest absolute Gasteiger partial charge is 0.199 e. The van der Waals surface area contributed by atoms with Crippen LogP contribution in [0.4, 0.5) is 0 Å². The van der Waals surface area contributed by atoms with Crippen LogP contribution in [0, 0.1) is 0 Å². The van der Waals surface area contributed by atoms with E-state index in [-0.39, 0.29) is 16.4 Å². The molecule has 1 aromatic heterocycles. The molecule has 0 bridgehead atoms. The van der Waals surface area contributed by atoms with E-state index in [9.17, 15) is 45.6 Å². The summed E-state index contributed by atoms with van der Waals surface area (Å²) in [6, 6.07) is 7.76. The van der Waals surface area contributed by atoms with E-state index >= 15 is 0 Å². The third kappa shape index (κ3) is 6.20. The summed E-state index contributed by atoms with van der Waals surface area (Å²) in [6.07, 6.45) is -15.3. The van der Waals surface area contributed by atoms with Gasteiger partial charge in [0.2, 0.25) is 0 Å². The maximum Gasteiger partial charge on any atom is 0.199 e. The van der Waals surface area contributed by atoms with Gasteiger partial charge < -0.3 is 69.0 Å². The van der Waals surface area contributed by atoms with E-state index in [2.05, 4.69) is 0 Å². The molecule has 1 aromatic carbocycles. The van der Waals surface area contributed by atoms with Crippen LogP contribution in [0.25, 0.3) is 23.2 Å². The van der Waals surface area contributed by atoms with Crippen molar-refractivity contribution < 1.29 is 69.0 Å². The Morgan fingerprint density at radius 3 is 2.23 bits per heavy atom. The number of fused-ring (bicyclic) bond motifs is 1. The van der Waals surface area contributed by atoms with Crippen LogP contribution in [-0.2, 0) is 18.9 Å². The van der Waals surface area contributed by atoms with Gasteiger partial charge in [0.15, 0.2) is 23.8 Å². The number of methoxy groups -OCH3 is 1. The number of hydrogen-bond acceptors (Lipinski definition) is 15. The molecular weight excluding hydrogens is 576 g/mol. The lowest BCUT2D eigenvalue weighted by Crippen LogP contribution is -2.62. The van der Waals surface area contributed by atoms with Crippen molar-refractivity contribution in [2.45, 2.75) is 80.5 Å². The Kier molecular flexibility index (Phi) is 8.95. The van der Waals surface area contributed by atoms with Gasteiger partial charge in [0.05, 0.1) is 26.2 Å². The van der Waals surface area contributed by atoms with Crippen LogP contribution in [0.2, 0.25) is 0 Å². The zero-order chi connectivity index (χ0) is 31.2. The molecule has 3 aliphatic rings. The molecule has 2 aromatic rings. The maximum absolute atomic E-state index is 12.8. The summed E-state index contributed by atoms with van der Waals surface area (Å²) in [5.41, 5.74) is -0.321. The molecule has 1 aliphatic carbocycles. The summed E-state index contributed by atoms with van der Waals surface area (Å²) in [4.78, 5) is 12.8. The van der Waals surface area contributed by atoms with E-state index < -0.39 is 91.4 Å². The number of rotatable bonds is 7. The first-order valence-corrected chi connectivity index (χ1v) is 13.5. The number of ether oxygens (including phenoxy) is 5. The summed E-state index contributed by atoms with van der Waals surface area (Å²) in [7, 11) is 1.50. The van der Waals surface area contributed by atoms with Crippen LogP contribution in [0.1, 0.15) is 13.3 Å². The molecule has 3 heterocycles. The van der Waals surface area contributed by atoms with E-state index in [1.165, 1.54) is 20.1 Å².